The van der Waals surface area contributed by atoms with Crippen LogP contribution in [-0.2, 0) is 19.9 Å². The van der Waals surface area contributed by atoms with Crippen molar-refractivity contribution in [1.29, 1.82) is 0 Å². The fourth-order valence-corrected chi connectivity index (χ4v) is 2.89. The summed E-state index contributed by atoms with van der Waals surface area (Å²) in [6.07, 6.45) is 2.77. The van der Waals surface area contributed by atoms with Crippen LogP contribution < -0.4 is 0 Å². The fraction of sp³-hybridized carbons (Fsp3) is 0.429. The molecule has 1 aliphatic rings. The van der Waals surface area contributed by atoms with Crippen LogP contribution in [0.3, 0.4) is 0 Å². The van der Waals surface area contributed by atoms with Crippen molar-refractivity contribution in [2.45, 2.75) is 37.7 Å². The highest BCUT2D eigenvalue weighted by atomic mass is 16.6. The van der Waals surface area contributed by atoms with E-state index < -0.39 is 24.0 Å². The van der Waals surface area contributed by atoms with Crippen LogP contribution in [0.15, 0.2) is 22.6 Å². The molecule has 0 amide bonds. The summed E-state index contributed by atoms with van der Waals surface area (Å²) in [4.78, 5) is 22.2. The Morgan fingerprint density at radius 1 is 1.32 bits per heavy atom. The van der Waals surface area contributed by atoms with Crippen LogP contribution in [-0.4, -0.2) is 17.0 Å². The molecule has 5 heteroatoms. The largest absolute Gasteiger partial charge is 0.481 e. The fourth-order valence-electron chi connectivity index (χ4n) is 2.89. The smallest absolute Gasteiger partial charge is 0.318 e. The molecule has 1 fully saturated rings. The summed E-state index contributed by atoms with van der Waals surface area (Å²) in [6.45, 7) is 0. The lowest BCUT2D eigenvalue weighted by Gasteiger charge is -2.28. The van der Waals surface area contributed by atoms with Crippen LogP contribution in [0.2, 0.25) is 0 Å². The first kappa shape index (κ1) is 12.0. The molecule has 2 aromatic rings. The minimum absolute atomic E-state index is 0.600. The first-order valence-corrected chi connectivity index (χ1v) is 6.35. The molecule has 0 unspecified atom stereocenters. The zero-order chi connectivity index (χ0) is 13.5. The summed E-state index contributed by atoms with van der Waals surface area (Å²) in [5.74, 6) is -1.86. The number of ether oxygens (including phenoxy) is 1. The Morgan fingerprint density at radius 3 is 2.58 bits per heavy atom. The zero-order valence-electron chi connectivity index (χ0n) is 10.3. The molecule has 0 saturated heterocycles. The van der Waals surface area contributed by atoms with Gasteiger partial charge in [0.05, 0.1) is 0 Å². The second-order valence-corrected chi connectivity index (χ2v) is 5.01. The van der Waals surface area contributed by atoms with Crippen LogP contribution in [0.4, 0.5) is 0 Å². The number of hydrogen-bond donors (Lipinski definition) is 1. The third-order valence-corrected chi connectivity index (χ3v) is 3.69. The third kappa shape index (κ3) is 2.05. The summed E-state index contributed by atoms with van der Waals surface area (Å²) in [6, 6.07) is 5.60. The monoisotopic (exact) mass is 262 g/mol. The second kappa shape index (κ2) is 4.26. The summed E-state index contributed by atoms with van der Waals surface area (Å²) in [7, 11) is 0. The van der Waals surface area contributed by atoms with Crippen LogP contribution >= 0.6 is 0 Å². The van der Waals surface area contributed by atoms with E-state index in [2.05, 4.69) is 0 Å². The lowest BCUT2D eigenvalue weighted by atomic mass is 9.92. The minimum atomic E-state index is -1.17. The predicted molar refractivity (Wildman–Crippen MR) is 65.9 cm³/mol. The van der Waals surface area contributed by atoms with Gasteiger partial charge in [0.25, 0.3) is 0 Å². The average molecular weight is 262 g/mol. The number of fused-ring (bicyclic) bond motifs is 2. The van der Waals surface area contributed by atoms with E-state index in [4.69, 9.17) is 14.3 Å². The van der Waals surface area contributed by atoms with Gasteiger partial charge in [-0.3, -0.25) is 9.59 Å². The Kier molecular flexibility index (Phi) is 2.69. The van der Waals surface area contributed by atoms with Crippen molar-refractivity contribution in [3.8, 4) is 0 Å². The molecule has 0 aromatic carbocycles. The maximum absolute atomic E-state index is 11.7. The van der Waals surface area contributed by atoms with E-state index in [1.54, 1.807) is 0 Å². The van der Waals surface area contributed by atoms with Crippen molar-refractivity contribution in [1.82, 2.24) is 0 Å². The highest BCUT2D eigenvalue weighted by molar-refractivity contribution is 5.90. The molecular formula is C14H14O5. The molecule has 0 radical (unpaired) electrons. The van der Waals surface area contributed by atoms with Crippen LogP contribution in [0, 0.1) is 0 Å². The van der Waals surface area contributed by atoms with E-state index in [1.165, 1.54) is 0 Å². The average Bonchev–Trinajstić information content (AvgIpc) is 3.02. The van der Waals surface area contributed by atoms with Crippen molar-refractivity contribution < 1.29 is 23.8 Å². The molecule has 1 saturated carbocycles. The highest BCUT2D eigenvalue weighted by Crippen LogP contribution is 2.46. The summed E-state index contributed by atoms with van der Waals surface area (Å²) in [5.41, 5.74) is 1.65. The van der Waals surface area contributed by atoms with Gasteiger partial charge in [0, 0.05) is 5.56 Å². The molecule has 19 heavy (non-hydrogen) atoms. The van der Waals surface area contributed by atoms with Crippen molar-refractivity contribution in [3.63, 3.8) is 0 Å². The van der Waals surface area contributed by atoms with Crippen molar-refractivity contribution in [3.05, 3.63) is 23.8 Å². The molecule has 1 N–H and O–H groups in total. The molecule has 100 valence electrons. The molecule has 0 atom stereocenters. The van der Waals surface area contributed by atoms with Gasteiger partial charge in [0.2, 0.25) is 0 Å². The summed E-state index contributed by atoms with van der Waals surface area (Å²) < 4.78 is 11.0. The number of esters is 1. The van der Waals surface area contributed by atoms with Crippen LogP contribution in [0.1, 0.15) is 37.7 Å². The first-order chi connectivity index (χ1) is 9.09. The Labute approximate surface area is 109 Å². The number of rotatable bonds is 4. The molecule has 2 aromatic heterocycles. The zero-order valence-corrected chi connectivity index (χ0v) is 10.3. The maximum Gasteiger partial charge on any atom is 0.318 e. The van der Waals surface area contributed by atoms with Crippen molar-refractivity contribution in [2.24, 2.45) is 0 Å². The van der Waals surface area contributed by atoms with E-state index in [0.717, 1.165) is 42.4 Å². The number of carboxylic acids is 1. The quantitative estimate of drug-likeness (QED) is 0.677. The molecule has 0 aliphatic heterocycles. The normalized spacial score (nSPS) is 17.9. The molecule has 5 nitrogen and oxygen atoms in total. The Morgan fingerprint density at radius 2 is 2.05 bits per heavy atom. The maximum atomic E-state index is 11.7. The standard InChI is InChI=1S/C14H14O5/c15-12(16)8-13(17)19-14(5-1-2-6-14)10-7-9-3-4-11(10)18-9/h3-4,7H,1-2,5-6,8H2,(H,15,16). The summed E-state index contributed by atoms with van der Waals surface area (Å²) >= 11 is 0. The lowest BCUT2D eigenvalue weighted by molar-refractivity contribution is -0.164. The first-order valence-electron chi connectivity index (χ1n) is 6.35. The van der Waals surface area contributed by atoms with E-state index in [9.17, 15) is 9.59 Å². The molecule has 0 spiro atoms. The van der Waals surface area contributed by atoms with Crippen LogP contribution in [0.25, 0.3) is 11.2 Å². The van der Waals surface area contributed by atoms with Gasteiger partial charge in [-0.15, -0.1) is 0 Å². The SMILES string of the molecule is O=C(O)CC(=O)OC1(c2cc3ccc2o3)CCCC1. The van der Waals surface area contributed by atoms with Gasteiger partial charge in [-0.05, 0) is 43.9 Å². The van der Waals surface area contributed by atoms with Crippen molar-refractivity contribution >= 4 is 23.1 Å². The van der Waals surface area contributed by atoms with E-state index in [0.29, 0.717) is 0 Å². The number of aliphatic carboxylic acids is 1. The Balaban J connectivity index is 1.89. The van der Waals surface area contributed by atoms with Gasteiger partial charge < -0.3 is 14.3 Å². The minimum Gasteiger partial charge on any atom is -0.481 e. The number of furan rings is 2. The number of benzene rings is 1. The lowest BCUT2D eigenvalue weighted by Crippen LogP contribution is -2.30. The van der Waals surface area contributed by atoms with Gasteiger partial charge in [-0.25, -0.2) is 0 Å². The van der Waals surface area contributed by atoms with Crippen molar-refractivity contribution in [2.75, 3.05) is 0 Å². The van der Waals surface area contributed by atoms with Gasteiger partial charge in [0.1, 0.15) is 23.2 Å². The second-order valence-electron chi connectivity index (χ2n) is 5.01. The van der Waals surface area contributed by atoms with Gasteiger partial charge in [0.15, 0.2) is 0 Å². The van der Waals surface area contributed by atoms with E-state index >= 15 is 0 Å². The number of carbonyl (C=O) groups is 2. The predicted octanol–water partition coefficient (Wildman–Crippen LogP) is 2.66. The molecule has 2 heterocycles. The van der Waals surface area contributed by atoms with Gasteiger partial charge in [-0.2, -0.15) is 0 Å². The molecular weight excluding hydrogens is 248 g/mol. The van der Waals surface area contributed by atoms with Crippen LogP contribution in [0.5, 0.6) is 0 Å². The summed E-state index contributed by atoms with van der Waals surface area (Å²) in [5, 5.41) is 8.65. The number of carboxylic acid groups (broad SMARTS) is 1. The highest BCUT2D eigenvalue weighted by Gasteiger charge is 2.42. The Bertz CT molecular complexity index is 606. The third-order valence-electron chi connectivity index (χ3n) is 3.69. The molecule has 1 aliphatic carbocycles. The Hall–Kier alpha value is -2.04. The molecule has 2 bridgehead atoms. The van der Waals surface area contributed by atoms with E-state index in [1.807, 2.05) is 18.2 Å². The number of carbonyl (C=O) groups excluding carboxylic acids is 1. The van der Waals surface area contributed by atoms with Gasteiger partial charge >= 0.3 is 11.9 Å². The van der Waals surface area contributed by atoms with E-state index in [-0.39, 0.29) is 0 Å². The molecule has 3 rings (SSSR count). The van der Waals surface area contributed by atoms with Gasteiger partial charge in [-0.1, -0.05) is 0 Å². The topological polar surface area (TPSA) is 76.7 Å². The number of hydrogen-bond acceptors (Lipinski definition) is 4.